The van der Waals surface area contributed by atoms with Gasteiger partial charge in [0.1, 0.15) is 11.5 Å². The van der Waals surface area contributed by atoms with Gasteiger partial charge in [-0.25, -0.2) is 4.98 Å². The first kappa shape index (κ1) is 14.4. The molecule has 0 aliphatic rings. The molecule has 0 amide bonds. The Morgan fingerprint density at radius 2 is 1.73 bits per heavy atom. The first-order chi connectivity index (χ1) is 10.8. The van der Waals surface area contributed by atoms with Crippen LogP contribution in [0.4, 0.5) is 10.8 Å². The summed E-state index contributed by atoms with van der Waals surface area (Å²) in [5.74, 6) is 1.66. The molecule has 0 aliphatic heterocycles. The largest absolute Gasteiger partial charge is 0.497 e. The number of aromatic nitrogens is 1. The summed E-state index contributed by atoms with van der Waals surface area (Å²) in [5.41, 5.74) is 2.87. The summed E-state index contributed by atoms with van der Waals surface area (Å²) >= 11 is 1.56. The third kappa shape index (κ3) is 3.04. The van der Waals surface area contributed by atoms with E-state index in [0.29, 0.717) is 0 Å². The van der Waals surface area contributed by atoms with Crippen LogP contribution in [0.5, 0.6) is 11.5 Å². The van der Waals surface area contributed by atoms with Gasteiger partial charge in [0.2, 0.25) is 0 Å². The lowest BCUT2D eigenvalue weighted by Crippen LogP contribution is -1.91. The topological polar surface area (TPSA) is 43.4 Å². The number of ether oxygens (including phenoxy) is 2. The van der Waals surface area contributed by atoms with Crippen LogP contribution in [0.25, 0.3) is 11.3 Å². The van der Waals surface area contributed by atoms with Crippen molar-refractivity contribution in [1.29, 1.82) is 0 Å². The molecule has 0 spiro atoms. The molecule has 5 heteroatoms. The number of nitrogens with zero attached hydrogens (tertiary/aromatic N) is 1. The van der Waals surface area contributed by atoms with Gasteiger partial charge in [-0.15, -0.1) is 11.3 Å². The molecule has 0 aliphatic carbocycles. The van der Waals surface area contributed by atoms with Crippen molar-refractivity contribution in [2.75, 3.05) is 19.5 Å². The highest BCUT2D eigenvalue weighted by Crippen LogP contribution is 2.32. The molecule has 3 rings (SSSR count). The standard InChI is InChI=1S/C17H16N2O2S/c1-20-13-9-7-12(8-10-13)18-17-19-15(11-22-17)14-5-3-4-6-16(14)21-2/h3-11H,1-2H3,(H,18,19). The fourth-order valence-electron chi connectivity index (χ4n) is 2.11. The second-order valence-electron chi connectivity index (χ2n) is 4.59. The number of hydrogen-bond acceptors (Lipinski definition) is 5. The van der Waals surface area contributed by atoms with Gasteiger partial charge in [0, 0.05) is 16.6 Å². The highest BCUT2D eigenvalue weighted by Gasteiger charge is 2.09. The molecular formula is C17H16N2O2S. The summed E-state index contributed by atoms with van der Waals surface area (Å²) in [5, 5.41) is 6.15. The molecule has 0 radical (unpaired) electrons. The number of hydrogen-bond donors (Lipinski definition) is 1. The van der Waals surface area contributed by atoms with Gasteiger partial charge in [-0.3, -0.25) is 0 Å². The van der Waals surface area contributed by atoms with Crippen molar-refractivity contribution in [3.8, 4) is 22.8 Å². The quantitative estimate of drug-likeness (QED) is 0.749. The van der Waals surface area contributed by atoms with Crippen LogP contribution in [0.15, 0.2) is 53.9 Å². The van der Waals surface area contributed by atoms with E-state index in [9.17, 15) is 0 Å². The smallest absolute Gasteiger partial charge is 0.187 e. The Labute approximate surface area is 133 Å². The maximum atomic E-state index is 5.38. The fourth-order valence-corrected chi connectivity index (χ4v) is 2.84. The van der Waals surface area contributed by atoms with Crippen molar-refractivity contribution in [1.82, 2.24) is 4.98 Å². The Hall–Kier alpha value is -2.53. The highest BCUT2D eigenvalue weighted by molar-refractivity contribution is 7.14. The lowest BCUT2D eigenvalue weighted by molar-refractivity contribution is 0.415. The average molecular weight is 312 g/mol. The molecule has 2 aromatic carbocycles. The van der Waals surface area contributed by atoms with E-state index in [2.05, 4.69) is 10.3 Å². The summed E-state index contributed by atoms with van der Waals surface area (Å²) in [6.45, 7) is 0. The highest BCUT2D eigenvalue weighted by atomic mass is 32.1. The van der Waals surface area contributed by atoms with Gasteiger partial charge in [0.15, 0.2) is 5.13 Å². The fraction of sp³-hybridized carbons (Fsp3) is 0.118. The van der Waals surface area contributed by atoms with Crippen LogP contribution in [0, 0.1) is 0 Å². The molecule has 4 nitrogen and oxygen atoms in total. The molecule has 1 heterocycles. The van der Waals surface area contributed by atoms with E-state index in [1.807, 2.05) is 53.9 Å². The summed E-state index contributed by atoms with van der Waals surface area (Å²) in [6, 6.07) is 15.6. The van der Waals surface area contributed by atoms with Crippen LogP contribution in [0.1, 0.15) is 0 Å². The molecule has 0 unspecified atom stereocenters. The predicted octanol–water partition coefficient (Wildman–Crippen LogP) is 4.57. The van der Waals surface area contributed by atoms with E-state index in [1.54, 1.807) is 25.6 Å². The summed E-state index contributed by atoms with van der Waals surface area (Å²) < 4.78 is 10.5. The van der Waals surface area contributed by atoms with Gasteiger partial charge in [0.25, 0.3) is 0 Å². The molecule has 1 aromatic heterocycles. The summed E-state index contributed by atoms with van der Waals surface area (Å²) in [7, 11) is 3.32. The molecule has 0 bridgehead atoms. The van der Waals surface area contributed by atoms with Crippen LogP contribution >= 0.6 is 11.3 Å². The van der Waals surface area contributed by atoms with Gasteiger partial charge in [-0.2, -0.15) is 0 Å². The molecule has 0 fully saturated rings. The molecular weight excluding hydrogens is 296 g/mol. The minimum atomic E-state index is 0.823. The lowest BCUT2D eigenvalue weighted by Gasteiger charge is -2.05. The molecule has 22 heavy (non-hydrogen) atoms. The zero-order valence-corrected chi connectivity index (χ0v) is 13.2. The van der Waals surface area contributed by atoms with Gasteiger partial charge < -0.3 is 14.8 Å². The minimum Gasteiger partial charge on any atom is -0.497 e. The number of thiazole rings is 1. The number of nitrogens with one attached hydrogen (secondary N) is 1. The van der Waals surface area contributed by atoms with Crippen LogP contribution in [-0.2, 0) is 0 Å². The normalized spacial score (nSPS) is 10.3. The van der Waals surface area contributed by atoms with E-state index in [1.165, 1.54) is 0 Å². The maximum absolute atomic E-state index is 5.38. The van der Waals surface area contributed by atoms with Gasteiger partial charge in [0.05, 0.1) is 19.9 Å². The first-order valence-corrected chi connectivity index (χ1v) is 7.68. The number of rotatable bonds is 5. The third-order valence-corrected chi connectivity index (χ3v) is 3.99. The molecule has 0 saturated carbocycles. The predicted molar refractivity (Wildman–Crippen MR) is 90.4 cm³/mol. The summed E-state index contributed by atoms with van der Waals surface area (Å²) in [4.78, 5) is 4.62. The maximum Gasteiger partial charge on any atom is 0.187 e. The first-order valence-electron chi connectivity index (χ1n) is 6.80. The van der Waals surface area contributed by atoms with E-state index in [-0.39, 0.29) is 0 Å². The third-order valence-electron chi connectivity index (χ3n) is 3.23. The van der Waals surface area contributed by atoms with Crippen LogP contribution in [0.3, 0.4) is 0 Å². The van der Waals surface area contributed by atoms with Crippen LogP contribution < -0.4 is 14.8 Å². The van der Waals surface area contributed by atoms with E-state index in [4.69, 9.17) is 9.47 Å². The van der Waals surface area contributed by atoms with Crippen molar-refractivity contribution >= 4 is 22.2 Å². The average Bonchev–Trinajstić information content (AvgIpc) is 3.04. The number of methoxy groups -OCH3 is 2. The van der Waals surface area contributed by atoms with Gasteiger partial charge >= 0.3 is 0 Å². The SMILES string of the molecule is COc1ccc(Nc2nc(-c3ccccc3OC)cs2)cc1. The molecule has 0 saturated heterocycles. The van der Waals surface area contributed by atoms with E-state index >= 15 is 0 Å². The zero-order chi connectivity index (χ0) is 15.4. The van der Waals surface area contributed by atoms with Gasteiger partial charge in [-0.05, 0) is 36.4 Å². The van der Waals surface area contributed by atoms with Crippen molar-refractivity contribution in [3.05, 3.63) is 53.9 Å². The molecule has 0 atom stereocenters. The van der Waals surface area contributed by atoms with Crippen molar-refractivity contribution in [3.63, 3.8) is 0 Å². The van der Waals surface area contributed by atoms with Crippen LogP contribution in [-0.4, -0.2) is 19.2 Å². The Kier molecular flexibility index (Phi) is 4.25. The van der Waals surface area contributed by atoms with Crippen molar-refractivity contribution in [2.45, 2.75) is 0 Å². The molecule has 1 N–H and O–H groups in total. The van der Waals surface area contributed by atoms with Crippen LogP contribution in [0.2, 0.25) is 0 Å². The van der Waals surface area contributed by atoms with Crippen molar-refractivity contribution < 1.29 is 9.47 Å². The molecule has 112 valence electrons. The van der Waals surface area contributed by atoms with Gasteiger partial charge in [-0.1, -0.05) is 12.1 Å². The Morgan fingerprint density at radius 3 is 2.45 bits per heavy atom. The molecule has 3 aromatic rings. The Morgan fingerprint density at radius 1 is 0.955 bits per heavy atom. The lowest BCUT2D eigenvalue weighted by atomic mass is 10.1. The van der Waals surface area contributed by atoms with Crippen molar-refractivity contribution in [2.24, 2.45) is 0 Å². The monoisotopic (exact) mass is 312 g/mol. The second-order valence-corrected chi connectivity index (χ2v) is 5.45. The Balaban J connectivity index is 1.81. The van der Waals surface area contributed by atoms with E-state index < -0.39 is 0 Å². The second kappa shape index (κ2) is 6.49. The Bertz CT molecular complexity index is 753. The zero-order valence-electron chi connectivity index (χ0n) is 12.4. The minimum absolute atomic E-state index is 0.823. The number of benzene rings is 2. The number of anilines is 2. The summed E-state index contributed by atoms with van der Waals surface area (Å²) in [6.07, 6.45) is 0. The van der Waals surface area contributed by atoms with E-state index in [0.717, 1.165) is 33.6 Å². The number of para-hydroxylation sites is 1.